The fourth-order valence-electron chi connectivity index (χ4n) is 3.81. The quantitative estimate of drug-likeness (QED) is 0.797. The summed E-state index contributed by atoms with van der Waals surface area (Å²) in [5, 5.41) is 4.87. The molecule has 0 unspecified atom stereocenters. The molecule has 1 aliphatic rings. The number of aromatic nitrogens is 1. The Morgan fingerprint density at radius 3 is 2.79 bits per heavy atom. The maximum absolute atomic E-state index is 3.51. The average Bonchev–Trinajstić information content (AvgIpc) is 2.76. The van der Waals surface area contributed by atoms with Crippen LogP contribution in [0.2, 0.25) is 0 Å². The molecule has 3 nitrogen and oxygen atoms in total. The van der Waals surface area contributed by atoms with Gasteiger partial charge in [-0.3, -0.25) is 0 Å². The van der Waals surface area contributed by atoms with Gasteiger partial charge in [-0.15, -0.1) is 0 Å². The summed E-state index contributed by atoms with van der Waals surface area (Å²) in [5.74, 6) is 0. The first-order chi connectivity index (χ1) is 11.7. The van der Waals surface area contributed by atoms with E-state index in [9.17, 15) is 0 Å². The number of rotatable bonds is 3. The summed E-state index contributed by atoms with van der Waals surface area (Å²) in [6.07, 6.45) is 1.11. The molecular formula is C21H25N3. The number of benzene rings is 2. The monoisotopic (exact) mass is 319 g/mol. The Kier molecular flexibility index (Phi) is 4.13. The van der Waals surface area contributed by atoms with Crippen LogP contribution in [-0.2, 0) is 19.5 Å². The molecule has 0 saturated carbocycles. The van der Waals surface area contributed by atoms with Crippen LogP contribution in [0.25, 0.3) is 22.0 Å². The average molecular weight is 319 g/mol. The first-order valence-corrected chi connectivity index (χ1v) is 8.78. The van der Waals surface area contributed by atoms with Gasteiger partial charge >= 0.3 is 0 Å². The molecule has 4 rings (SSSR count). The molecule has 3 heteroatoms. The van der Waals surface area contributed by atoms with Crippen molar-refractivity contribution in [2.75, 3.05) is 27.2 Å². The zero-order chi connectivity index (χ0) is 16.5. The van der Waals surface area contributed by atoms with Crippen LogP contribution in [-0.4, -0.2) is 36.7 Å². The van der Waals surface area contributed by atoms with Crippen molar-refractivity contribution in [1.29, 1.82) is 0 Å². The van der Waals surface area contributed by atoms with E-state index in [1.54, 1.807) is 0 Å². The van der Waals surface area contributed by atoms with Gasteiger partial charge in [0, 0.05) is 49.2 Å². The van der Waals surface area contributed by atoms with E-state index in [1.807, 2.05) is 0 Å². The number of nitrogens with zero attached hydrogens (tertiary/aromatic N) is 2. The molecule has 0 atom stereocenters. The van der Waals surface area contributed by atoms with Crippen LogP contribution < -0.4 is 5.32 Å². The molecule has 0 fully saturated rings. The third-order valence-electron chi connectivity index (χ3n) is 4.81. The van der Waals surface area contributed by atoms with Crippen molar-refractivity contribution in [3.8, 4) is 11.1 Å². The summed E-state index contributed by atoms with van der Waals surface area (Å²) in [6, 6.07) is 18.0. The lowest BCUT2D eigenvalue weighted by molar-refractivity contribution is 0.402. The molecule has 0 bridgehead atoms. The molecular weight excluding hydrogens is 294 g/mol. The maximum Gasteiger partial charge on any atom is 0.0562 e. The summed E-state index contributed by atoms with van der Waals surface area (Å²) in [4.78, 5) is 2.22. The van der Waals surface area contributed by atoms with Gasteiger partial charge in [-0.05, 0) is 37.4 Å². The lowest BCUT2D eigenvalue weighted by atomic mass is 10.0. The van der Waals surface area contributed by atoms with Crippen LogP contribution in [0.3, 0.4) is 0 Å². The van der Waals surface area contributed by atoms with E-state index >= 15 is 0 Å². The van der Waals surface area contributed by atoms with Crippen molar-refractivity contribution in [3.05, 3.63) is 59.8 Å². The van der Waals surface area contributed by atoms with Crippen molar-refractivity contribution < 1.29 is 0 Å². The van der Waals surface area contributed by atoms with E-state index < -0.39 is 0 Å². The van der Waals surface area contributed by atoms with Crippen molar-refractivity contribution in [1.82, 2.24) is 14.8 Å². The minimum Gasteiger partial charge on any atom is -0.343 e. The number of fused-ring (bicyclic) bond motifs is 3. The number of nitrogens with one attached hydrogen (secondary N) is 1. The molecule has 0 spiro atoms. The molecule has 0 amide bonds. The second kappa shape index (κ2) is 6.42. The van der Waals surface area contributed by atoms with Crippen molar-refractivity contribution in [2.24, 2.45) is 0 Å². The summed E-state index contributed by atoms with van der Waals surface area (Å²) in [7, 11) is 4.24. The number of hydrogen-bond donors (Lipinski definition) is 1. The lowest BCUT2D eigenvalue weighted by Gasteiger charge is -2.13. The normalized spacial score (nSPS) is 14.8. The van der Waals surface area contributed by atoms with Crippen LogP contribution in [0.5, 0.6) is 0 Å². The fourth-order valence-corrected chi connectivity index (χ4v) is 3.81. The Hall–Kier alpha value is -2.10. The highest BCUT2D eigenvalue weighted by Crippen LogP contribution is 2.32. The molecule has 0 aliphatic carbocycles. The van der Waals surface area contributed by atoms with E-state index in [1.165, 1.54) is 33.3 Å². The van der Waals surface area contributed by atoms with Crippen molar-refractivity contribution >= 4 is 10.9 Å². The molecule has 0 radical (unpaired) electrons. The van der Waals surface area contributed by atoms with Gasteiger partial charge in [-0.2, -0.15) is 0 Å². The summed E-state index contributed by atoms with van der Waals surface area (Å²) >= 11 is 0. The van der Waals surface area contributed by atoms with Gasteiger partial charge in [0.2, 0.25) is 0 Å². The van der Waals surface area contributed by atoms with Gasteiger partial charge in [0.05, 0.1) is 5.52 Å². The van der Waals surface area contributed by atoms with Gasteiger partial charge in [0.25, 0.3) is 0 Å². The standard InChI is InChI=1S/C21H25N3/c1-23(2)15-16-5-3-6-17(13-16)20-8-4-7-18-14-19-9-10-22-11-12-24(19)21(18)20/h3-8,13-14,22H,9-12,15H2,1-2H3. The minimum absolute atomic E-state index is 0.972. The van der Waals surface area contributed by atoms with Gasteiger partial charge in [0.1, 0.15) is 0 Å². The van der Waals surface area contributed by atoms with Gasteiger partial charge < -0.3 is 14.8 Å². The summed E-state index contributed by atoms with van der Waals surface area (Å²) in [6.45, 7) is 4.14. The number of hydrogen-bond acceptors (Lipinski definition) is 2. The Morgan fingerprint density at radius 2 is 1.92 bits per heavy atom. The molecule has 1 aliphatic heterocycles. The summed E-state index contributed by atoms with van der Waals surface area (Å²) < 4.78 is 2.52. The third kappa shape index (κ3) is 2.85. The SMILES string of the molecule is CN(C)Cc1cccc(-c2cccc3cc4n(c23)CCNCC4)c1. The molecule has 1 aromatic heterocycles. The Labute approximate surface area is 143 Å². The van der Waals surface area contributed by atoms with E-state index in [-0.39, 0.29) is 0 Å². The van der Waals surface area contributed by atoms with E-state index in [0.717, 1.165) is 32.6 Å². The predicted octanol–water partition coefficient (Wildman–Crippen LogP) is 3.52. The van der Waals surface area contributed by atoms with Crippen LogP contribution in [0.1, 0.15) is 11.3 Å². The molecule has 0 saturated heterocycles. The predicted molar refractivity (Wildman–Crippen MR) is 101 cm³/mol. The lowest BCUT2D eigenvalue weighted by Crippen LogP contribution is -2.17. The molecule has 2 aromatic carbocycles. The Balaban J connectivity index is 1.86. The van der Waals surface area contributed by atoms with Crippen LogP contribution in [0.4, 0.5) is 0 Å². The maximum atomic E-state index is 3.51. The fraction of sp³-hybridized carbons (Fsp3) is 0.333. The highest BCUT2D eigenvalue weighted by molar-refractivity contribution is 5.95. The van der Waals surface area contributed by atoms with E-state index in [2.05, 4.69) is 77.4 Å². The minimum atomic E-state index is 0.972. The Bertz CT molecular complexity index is 861. The van der Waals surface area contributed by atoms with Gasteiger partial charge in [-0.1, -0.05) is 36.4 Å². The van der Waals surface area contributed by atoms with E-state index in [0.29, 0.717) is 0 Å². The summed E-state index contributed by atoms with van der Waals surface area (Å²) in [5.41, 5.74) is 6.86. The third-order valence-corrected chi connectivity index (χ3v) is 4.81. The first kappa shape index (κ1) is 15.4. The molecule has 1 N–H and O–H groups in total. The smallest absolute Gasteiger partial charge is 0.0562 e. The van der Waals surface area contributed by atoms with Crippen molar-refractivity contribution in [3.63, 3.8) is 0 Å². The van der Waals surface area contributed by atoms with Gasteiger partial charge in [0.15, 0.2) is 0 Å². The first-order valence-electron chi connectivity index (χ1n) is 8.78. The van der Waals surface area contributed by atoms with Crippen molar-refractivity contribution in [2.45, 2.75) is 19.5 Å². The van der Waals surface area contributed by atoms with Gasteiger partial charge in [-0.25, -0.2) is 0 Å². The molecule has 24 heavy (non-hydrogen) atoms. The van der Waals surface area contributed by atoms with Crippen LogP contribution in [0.15, 0.2) is 48.5 Å². The Morgan fingerprint density at radius 1 is 1.04 bits per heavy atom. The van der Waals surface area contributed by atoms with Crippen LogP contribution >= 0.6 is 0 Å². The van der Waals surface area contributed by atoms with E-state index in [4.69, 9.17) is 0 Å². The largest absolute Gasteiger partial charge is 0.343 e. The second-order valence-corrected chi connectivity index (χ2v) is 6.97. The zero-order valence-corrected chi connectivity index (χ0v) is 14.5. The topological polar surface area (TPSA) is 20.2 Å². The zero-order valence-electron chi connectivity index (χ0n) is 14.5. The van der Waals surface area contributed by atoms with Crippen LogP contribution in [0, 0.1) is 0 Å². The molecule has 2 heterocycles. The second-order valence-electron chi connectivity index (χ2n) is 6.97. The highest BCUT2D eigenvalue weighted by Gasteiger charge is 2.15. The highest BCUT2D eigenvalue weighted by atomic mass is 15.1. The molecule has 3 aromatic rings. The molecule has 124 valence electrons. The number of para-hydroxylation sites is 1.